The van der Waals surface area contributed by atoms with E-state index in [-0.39, 0.29) is 11.7 Å². The van der Waals surface area contributed by atoms with Crippen LogP contribution in [0.15, 0.2) is 41.0 Å². The molecule has 0 fully saturated rings. The van der Waals surface area contributed by atoms with Crippen LogP contribution < -0.4 is 20.1 Å². The molecule has 1 atom stereocenters. The number of hydrogen-bond donors (Lipinski definition) is 2. The lowest BCUT2D eigenvalue weighted by molar-refractivity contribution is -0.117. The van der Waals surface area contributed by atoms with Crippen LogP contribution >= 0.6 is 0 Å². The van der Waals surface area contributed by atoms with Gasteiger partial charge in [0.2, 0.25) is 5.91 Å². The Kier molecular flexibility index (Phi) is 5.24. The lowest BCUT2D eigenvalue weighted by atomic mass is 10.2. The maximum Gasteiger partial charge on any atom is 0.287 e. The zero-order valence-corrected chi connectivity index (χ0v) is 13.1. The van der Waals surface area contributed by atoms with Crippen molar-refractivity contribution in [2.45, 2.75) is 13.0 Å². The molecule has 0 radical (unpaired) electrons. The third kappa shape index (κ3) is 4.03. The van der Waals surface area contributed by atoms with Crippen LogP contribution in [-0.4, -0.2) is 32.1 Å². The number of methoxy groups -OCH3 is 2. The fourth-order valence-corrected chi connectivity index (χ4v) is 1.88. The van der Waals surface area contributed by atoms with Crippen LogP contribution in [0.3, 0.4) is 0 Å². The van der Waals surface area contributed by atoms with Gasteiger partial charge < -0.3 is 24.5 Å². The third-order valence-corrected chi connectivity index (χ3v) is 3.15. The second kappa shape index (κ2) is 7.35. The molecule has 0 saturated carbocycles. The molecule has 1 heterocycles. The van der Waals surface area contributed by atoms with Crippen LogP contribution in [0.2, 0.25) is 0 Å². The first kappa shape index (κ1) is 16.4. The predicted molar refractivity (Wildman–Crippen MR) is 83.8 cm³/mol. The topological polar surface area (TPSA) is 89.8 Å². The summed E-state index contributed by atoms with van der Waals surface area (Å²) in [5.41, 5.74) is 0.484. The van der Waals surface area contributed by atoms with Crippen molar-refractivity contribution in [2.75, 3.05) is 19.5 Å². The standard InChI is InChI=1S/C16H18N2O5/c1-10(17-16(20)13-5-4-8-23-13)15(19)18-12-7-6-11(21-2)9-14(12)22-3/h4-10H,1-3H3,(H,17,20)(H,18,19). The van der Waals surface area contributed by atoms with Crippen molar-refractivity contribution in [3.8, 4) is 11.5 Å². The summed E-state index contributed by atoms with van der Waals surface area (Å²) in [6.45, 7) is 1.58. The third-order valence-electron chi connectivity index (χ3n) is 3.15. The van der Waals surface area contributed by atoms with E-state index in [1.54, 1.807) is 38.3 Å². The van der Waals surface area contributed by atoms with E-state index in [1.807, 2.05) is 0 Å². The van der Waals surface area contributed by atoms with Crippen molar-refractivity contribution < 1.29 is 23.5 Å². The maximum absolute atomic E-state index is 12.2. The first-order valence-electron chi connectivity index (χ1n) is 6.92. The zero-order valence-electron chi connectivity index (χ0n) is 13.1. The second-order valence-corrected chi connectivity index (χ2v) is 4.73. The van der Waals surface area contributed by atoms with E-state index >= 15 is 0 Å². The Bertz CT molecular complexity index is 682. The summed E-state index contributed by atoms with van der Waals surface area (Å²) in [6, 6.07) is 7.39. The molecular formula is C16H18N2O5. The summed E-state index contributed by atoms with van der Waals surface area (Å²) >= 11 is 0. The Balaban J connectivity index is 2.02. The number of furan rings is 1. The molecule has 0 aliphatic heterocycles. The van der Waals surface area contributed by atoms with Gasteiger partial charge in [-0.15, -0.1) is 0 Å². The van der Waals surface area contributed by atoms with E-state index in [4.69, 9.17) is 13.9 Å². The van der Waals surface area contributed by atoms with Crippen molar-refractivity contribution >= 4 is 17.5 Å². The lowest BCUT2D eigenvalue weighted by Gasteiger charge is -2.15. The van der Waals surface area contributed by atoms with E-state index in [1.165, 1.54) is 19.4 Å². The van der Waals surface area contributed by atoms with E-state index in [9.17, 15) is 9.59 Å². The molecular weight excluding hydrogens is 300 g/mol. The Morgan fingerprint density at radius 2 is 1.96 bits per heavy atom. The number of rotatable bonds is 6. The average Bonchev–Trinajstić information content (AvgIpc) is 3.09. The molecule has 0 spiro atoms. The first-order chi connectivity index (χ1) is 11.0. The van der Waals surface area contributed by atoms with Crippen LogP contribution in [-0.2, 0) is 4.79 Å². The highest BCUT2D eigenvalue weighted by atomic mass is 16.5. The van der Waals surface area contributed by atoms with Crippen LogP contribution in [0.4, 0.5) is 5.69 Å². The van der Waals surface area contributed by atoms with Gasteiger partial charge in [0.1, 0.15) is 17.5 Å². The molecule has 2 N–H and O–H groups in total. The van der Waals surface area contributed by atoms with Gasteiger partial charge in [0, 0.05) is 6.07 Å². The van der Waals surface area contributed by atoms with Crippen molar-refractivity contribution in [1.82, 2.24) is 5.32 Å². The minimum Gasteiger partial charge on any atom is -0.497 e. The Morgan fingerprint density at radius 3 is 2.57 bits per heavy atom. The van der Waals surface area contributed by atoms with E-state index < -0.39 is 11.9 Å². The van der Waals surface area contributed by atoms with Crippen LogP contribution in [0.1, 0.15) is 17.5 Å². The predicted octanol–water partition coefficient (Wildman–Crippen LogP) is 2.05. The number of benzene rings is 1. The summed E-state index contributed by atoms with van der Waals surface area (Å²) in [6.07, 6.45) is 1.39. The summed E-state index contributed by atoms with van der Waals surface area (Å²) in [7, 11) is 3.03. The first-order valence-corrected chi connectivity index (χ1v) is 6.92. The van der Waals surface area contributed by atoms with Crippen molar-refractivity contribution in [1.29, 1.82) is 0 Å². The van der Waals surface area contributed by atoms with Gasteiger partial charge in [-0.05, 0) is 31.2 Å². The lowest BCUT2D eigenvalue weighted by Crippen LogP contribution is -2.41. The number of amides is 2. The Hall–Kier alpha value is -2.96. The highest BCUT2D eigenvalue weighted by Crippen LogP contribution is 2.29. The van der Waals surface area contributed by atoms with Crippen LogP contribution in [0.5, 0.6) is 11.5 Å². The molecule has 2 rings (SSSR count). The Morgan fingerprint density at radius 1 is 1.17 bits per heavy atom. The van der Waals surface area contributed by atoms with E-state index in [0.717, 1.165) is 0 Å². The molecule has 23 heavy (non-hydrogen) atoms. The molecule has 122 valence electrons. The van der Waals surface area contributed by atoms with Gasteiger partial charge in [0.25, 0.3) is 5.91 Å². The molecule has 0 saturated heterocycles. The Labute approximate surface area is 133 Å². The minimum absolute atomic E-state index is 0.145. The van der Waals surface area contributed by atoms with Gasteiger partial charge in [0.05, 0.1) is 26.2 Å². The fourth-order valence-electron chi connectivity index (χ4n) is 1.88. The summed E-state index contributed by atoms with van der Waals surface area (Å²) in [5.74, 6) is 0.376. The fraction of sp³-hybridized carbons (Fsp3) is 0.250. The minimum atomic E-state index is -0.751. The molecule has 0 bridgehead atoms. The van der Waals surface area contributed by atoms with Crippen LogP contribution in [0.25, 0.3) is 0 Å². The van der Waals surface area contributed by atoms with Gasteiger partial charge in [-0.3, -0.25) is 9.59 Å². The normalized spacial score (nSPS) is 11.4. The zero-order chi connectivity index (χ0) is 16.8. The smallest absolute Gasteiger partial charge is 0.287 e. The molecule has 2 aromatic rings. The van der Waals surface area contributed by atoms with Crippen molar-refractivity contribution in [3.63, 3.8) is 0 Å². The summed E-state index contributed by atoms with van der Waals surface area (Å²) in [5, 5.41) is 5.25. The number of anilines is 1. The summed E-state index contributed by atoms with van der Waals surface area (Å²) < 4.78 is 15.3. The second-order valence-electron chi connectivity index (χ2n) is 4.73. The number of carbonyl (C=O) groups is 2. The van der Waals surface area contributed by atoms with E-state index in [0.29, 0.717) is 17.2 Å². The highest BCUT2D eigenvalue weighted by Gasteiger charge is 2.19. The monoisotopic (exact) mass is 318 g/mol. The molecule has 1 unspecified atom stereocenters. The number of ether oxygens (including phenoxy) is 2. The molecule has 7 nitrogen and oxygen atoms in total. The highest BCUT2D eigenvalue weighted by molar-refractivity contribution is 6.00. The number of hydrogen-bond acceptors (Lipinski definition) is 5. The van der Waals surface area contributed by atoms with Gasteiger partial charge in [0.15, 0.2) is 5.76 Å². The molecule has 2 amide bonds. The van der Waals surface area contributed by atoms with Crippen molar-refractivity contribution in [2.24, 2.45) is 0 Å². The largest absolute Gasteiger partial charge is 0.497 e. The average molecular weight is 318 g/mol. The van der Waals surface area contributed by atoms with Crippen LogP contribution in [0, 0.1) is 0 Å². The maximum atomic E-state index is 12.2. The van der Waals surface area contributed by atoms with Crippen molar-refractivity contribution in [3.05, 3.63) is 42.4 Å². The van der Waals surface area contributed by atoms with E-state index in [2.05, 4.69) is 10.6 Å². The number of carbonyl (C=O) groups excluding carboxylic acids is 2. The van der Waals surface area contributed by atoms with Gasteiger partial charge >= 0.3 is 0 Å². The quantitative estimate of drug-likeness (QED) is 0.851. The molecule has 0 aliphatic carbocycles. The SMILES string of the molecule is COc1ccc(NC(=O)C(C)NC(=O)c2ccco2)c(OC)c1. The van der Waals surface area contributed by atoms with Gasteiger partial charge in [-0.2, -0.15) is 0 Å². The molecule has 7 heteroatoms. The molecule has 0 aliphatic rings. The number of nitrogens with one attached hydrogen (secondary N) is 2. The molecule has 1 aromatic heterocycles. The van der Waals surface area contributed by atoms with Gasteiger partial charge in [-0.25, -0.2) is 0 Å². The molecule has 1 aromatic carbocycles. The summed E-state index contributed by atoms with van der Waals surface area (Å²) in [4.78, 5) is 24.1. The van der Waals surface area contributed by atoms with Gasteiger partial charge in [-0.1, -0.05) is 0 Å².